The monoisotopic (exact) mass is 556 g/mol. The van der Waals surface area contributed by atoms with E-state index in [1.54, 1.807) is 0 Å². The molecule has 0 heteroatoms. The average molecular weight is 557 g/mol. The first-order valence-corrected chi connectivity index (χ1v) is 15.3. The molecule has 0 aliphatic carbocycles. The highest BCUT2D eigenvalue weighted by atomic mass is 14.2. The smallest absolute Gasteiger partial charge is 0.00262 e. The Morgan fingerprint density at radius 2 is 0.705 bits per heavy atom. The van der Waals surface area contributed by atoms with Crippen molar-refractivity contribution >= 4 is 53.9 Å². The minimum atomic E-state index is 1.23. The van der Waals surface area contributed by atoms with Crippen molar-refractivity contribution in [1.29, 1.82) is 0 Å². The Morgan fingerprint density at radius 3 is 1.39 bits per heavy atom. The van der Waals surface area contributed by atoms with Crippen LogP contribution in [0.4, 0.5) is 0 Å². The summed E-state index contributed by atoms with van der Waals surface area (Å²) in [5.41, 5.74) is 7.55. The summed E-state index contributed by atoms with van der Waals surface area (Å²) in [6, 6.07) is 62.3. The molecule has 9 aromatic carbocycles. The standard InChI is InChI=1S/C44H28/c1-2-14-30(15-3-1)43-37-21-8-10-23-39(37)44(40-24-11-9-22-38(40)43)32-17-12-16-31(27-32)41-28-42-33-18-5-4-13-29(33)25-26-36(42)34-19-6-7-20-35(34)41/h1-28H. The van der Waals surface area contributed by atoms with Crippen LogP contribution in [0.15, 0.2) is 170 Å². The van der Waals surface area contributed by atoms with E-state index in [9.17, 15) is 0 Å². The van der Waals surface area contributed by atoms with E-state index in [1.165, 1.54) is 87.2 Å². The SMILES string of the molecule is c1ccc(-c2c3ccccc3c(-c3cccc(-c4cc5c6ccccc6ccc5c5ccccc45)c3)c3ccccc23)cc1. The molecule has 9 rings (SSSR count). The van der Waals surface area contributed by atoms with Gasteiger partial charge < -0.3 is 0 Å². The highest BCUT2D eigenvalue weighted by molar-refractivity contribution is 6.23. The van der Waals surface area contributed by atoms with E-state index in [0.717, 1.165) is 0 Å². The zero-order valence-corrected chi connectivity index (χ0v) is 24.2. The molecule has 9 aromatic rings. The summed E-state index contributed by atoms with van der Waals surface area (Å²) in [5.74, 6) is 0. The van der Waals surface area contributed by atoms with Gasteiger partial charge in [-0.2, -0.15) is 0 Å². The van der Waals surface area contributed by atoms with Gasteiger partial charge in [-0.1, -0.05) is 158 Å². The first kappa shape index (κ1) is 24.8. The predicted molar refractivity (Wildman–Crippen MR) is 190 cm³/mol. The molecule has 0 fully saturated rings. The first-order chi connectivity index (χ1) is 21.8. The Hall–Kier alpha value is -5.72. The van der Waals surface area contributed by atoms with Gasteiger partial charge in [-0.15, -0.1) is 0 Å². The van der Waals surface area contributed by atoms with Crippen molar-refractivity contribution < 1.29 is 0 Å². The van der Waals surface area contributed by atoms with Gasteiger partial charge >= 0.3 is 0 Å². The van der Waals surface area contributed by atoms with Gasteiger partial charge in [0.15, 0.2) is 0 Å². The zero-order chi connectivity index (χ0) is 29.0. The molecule has 204 valence electrons. The molecule has 0 amide bonds. The number of hydrogen-bond acceptors (Lipinski definition) is 0. The number of hydrogen-bond donors (Lipinski definition) is 0. The lowest BCUT2D eigenvalue weighted by Gasteiger charge is -2.18. The largest absolute Gasteiger partial charge is 0.0622 e. The highest BCUT2D eigenvalue weighted by Gasteiger charge is 2.17. The third kappa shape index (κ3) is 3.78. The Balaban J connectivity index is 1.35. The second-order valence-electron chi connectivity index (χ2n) is 11.6. The molecule has 0 spiro atoms. The molecule has 0 heterocycles. The van der Waals surface area contributed by atoms with Crippen molar-refractivity contribution in [3.63, 3.8) is 0 Å². The molecule has 0 aliphatic heterocycles. The minimum Gasteiger partial charge on any atom is -0.0622 e. The number of fused-ring (bicyclic) bond motifs is 7. The maximum Gasteiger partial charge on any atom is -0.00262 e. The number of rotatable bonds is 3. The molecule has 0 bridgehead atoms. The zero-order valence-electron chi connectivity index (χ0n) is 24.2. The number of benzene rings is 9. The Bertz CT molecular complexity index is 2480. The van der Waals surface area contributed by atoms with Gasteiger partial charge in [-0.3, -0.25) is 0 Å². The van der Waals surface area contributed by atoms with Crippen LogP contribution < -0.4 is 0 Å². The van der Waals surface area contributed by atoms with Crippen molar-refractivity contribution in [1.82, 2.24) is 0 Å². The molecule has 0 saturated heterocycles. The fraction of sp³-hybridized carbons (Fsp3) is 0. The van der Waals surface area contributed by atoms with Crippen LogP contribution >= 0.6 is 0 Å². The maximum absolute atomic E-state index is 2.41. The Kier molecular flexibility index (Phi) is 5.61. The molecule has 0 radical (unpaired) electrons. The molecule has 0 atom stereocenters. The second kappa shape index (κ2) is 9.93. The molecular formula is C44H28. The van der Waals surface area contributed by atoms with Gasteiger partial charge in [-0.25, -0.2) is 0 Å². The third-order valence-corrected chi connectivity index (χ3v) is 9.22. The van der Waals surface area contributed by atoms with E-state index in [1.807, 2.05) is 0 Å². The van der Waals surface area contributed by atoms with E-state index in [2.05, 4.69) is 170 Å². The van der Waals surface area contributed by atoms with E-state index >= 15 is 0 Å². The van der Waals surface area contributed by atoms with Gasteiger partial charge in [0.2, 0.25) is 0 Å². The van der Waals surface area contributed by atoms with E-state index in [4.69, 9.17) is 0 Å². The molecular weight excluding hydrogens is 528 g/mol. The summed E-state index contributed by atoms with van der Waals surface area (Å²) < 4.78 is 0. The van der Waals surface area contributed by atoms with E-state index in [0.29, 0.717) is 0 Å². The first-order valence-electron chi connectivity index (χ1n) is 15.3. The summed E-state index contributed by atoms with van der Waals surface area (Å²) in [6.07, 6.45) is 0. The van der Waals surface area contributed by atoms with E-state index in [-0.39, 0.29) is 0 Å². The van der Waals surface area contributed by atoms with Crippen LogP contribution in [0.1, 0.15) is 0 Å². The van der Waals surface area contributed by atoms with Crippen LogP contribution in [0.5, 0.6) is 0 Å². The van der Waals surface area contributed by atoms with Gasteiger partial charge in [-0.05, 0) is 99.4 Å². The minimum absolute atomic E-state index is 1.23. The molecule has 0 N–H and O–H groups in total. The van der Waals surface area contributed by atoms with Crippen LogP contribution in [0.25, 0.3) is 87.2 Å². The lowest BCUT2D eigenvalue weighted by Crippen LogP contribution is -1.91. The fourth-order valence-electron chi connectivity index (χ4n) is 7.30. The van der Waals surface area contributed by atoms with Crippen molar-refractivity contribution in [2.24, 2.45) is 0 Å². The van der Waals surface area contributed by atoms with Crippen LogP contribution in [-0.4, -0.2) is 0 Å². The van der Waals surface area contributed by atoms with Crippen molar-refractivity contribution in [3.8, 4) is 33.4 Å². The molecule has 44 heavy (non-hydrogen) atoms. The Morgan fingerprint density at radius 1 is 0.227 bits per heavy atom. The lowest BCUT2D eigenvalue weighted by atomic mass is 9.85. The quantitative estimate of drug-likeness (QED) is 0.150. The van der Waals surface area contributed by atoms with Gasteiger partial charge in [0.05, 0.1) is 0 Å². The lowest BCUT2D eigenvalue weighted by molar-refractivity contribution is 1.64. The van der Waals surface area contributed by atoms with Gasteiger partial charge in [0, 0.05) is 0 Å². The molecule has 0 nitrogen and oxygen atoms in total. The summed E-state index contributed by atoms with van der Waals surface area (Å²) >= 11 is 0. The predicted octanol–water partition coefficient (Wildman–Crippen LogP) is 12.5. The summed E-state index contributed by atoms with van der Waals surface area (Å²) in [5, 5.41) is 12.8. The highest BCUT2D eigenvalue weighted by Crippen LogP contribution is 2.45. The van der Waals surface area contributed by atoms with Crippen LogP contribution in [-0.2, 0) is 0 Å². The summed E-state index contributed by atoms with van der Waals surface area (Å²) in [7, 11) is 0. The average Bonchev–Trinajstić information content (AvgIpc) is 3.10. The summed E-state index contributed by atoms with van der Waals surface area (Å²) in [4.78, 5) is 0. The molecule has 0 saturated carbocycles. The second-order valence-corrected chi connectivity index (χ2v) is 11.6. The van der Waals surface area contributed by atoms with Crippen molar-refractivity contribution in [3.05, 3.63) is 170 Å². The molecule has 0 unspecified atom stereocenters. The van der Waals surface area contributed by atoms with E-state index < -0.39 is 0 Å². The van der Waals surface area contributed by atoms with Crippen molar-refractivity contribution in [2.45, 2.75) is 0 Å². The van der Waals surface area contributed by atoms with Gasteiger partial charge in [0.25, 0.3) is 0 Å². The van der Waals surface area contributed by atoms with Crippen LogP contribution in [0, 0.1) is 0 Å². The third-order valence-electron chi connectivity index (χ3n) is 9.22. The van der Waals surface area contributed by atoms with Crippen LogP contribution in [0.2, 0.25) is 0 Å². The maximum atomic E-state index is 2.41. The molecule has 0 aliphatic rings. The van der Waals surface area contributed by atoms with Crippen LogP contribution in [0.3, 0.4) is 0 Å². The van der Waals surface area contributed by atoms with Crippen molar-refractivity contribution in [2.75, 3.05) is 0 Å². The Labute approximate surface area is 256 Å². The van der Waals surface area contributed by atoms with Gasteiger partial charge in [0.1, 0.15) is 0 Å². The fourth-order valence-corrected chi connectivity index (χ4v) is 7.30. The normalized spacial score (nSPS) is 11.6. The molecule has 0 aromatic heterocycles. The summed E-state index contributed by atoms with van der Waals surface area (Å²) in [6.45, 7) is 0. The topological polar surface area (TPSA) is 0 Å².